The molecule has 1 heterocycles. The van der Waals surface area contributed by atoms with Crippen molar-refractivity contribution in [1.29, 1.82) is 0 Å². The van der Waals surface area contributed by atoms with Gasteiger partial charge in [-0.2, -0.15) is 0 Å². The number of anilines is 1. The Balaban J connectivity index is 2.11. The van der Waals surface area contributed by atoms with E-state index in [0.717, 1.165) is 28.7 Å². The lowest BCUT2D eigenvalue weighted by Gasteiger charge is -2.18. The van der Waals surface area contributed by atoms with Gasteiger partial charge >= 0.3 is 0 Å². The van der Waals surface area contributed by atoms with Crippen LogP contribution in [0.2, 0.25) is 0 Å². The molecule has 9 heteroatoms. The third-order valence-corrected chi connectivity index (χ3v) is 8.74. The van der Waals surface area contributed by atoms with Gasteiger partial charge in [-0.05, 0) is 24.6 Å². The second kappa shape index (κ2) is 7.65. The monoisotopic (exact) mass is 436 g/mol. The summed E-state index contributed by atoms with van der Waals surface area (Å²) in [5.74, 6) is 0. The SMILES string of the molecule is Cc1ccc(S(=O)(=O)c2nc(S(C)(=O)=O)sc2N(C)Cc2ccccc2)cc1. The van der Waals surface area contributed by atoms with E-state index in [1.54, 1.807) is 24.1 Å². The maximum atomic E-state index is 13.2. The smallest absolute Gasteiger partial charge is 0.226 e. The van der Waals surface area contributed by atoms with Crippen LogP contribution in [-0.2, 0) is 26.2 Å². The van der Waals surface area contributed by atoms with Gasteiger partial charge in [0, 0.05) is 19.8 Å². The number of sulfone groups is 2. The normalized spacial score (nSPS) is 12.1. The van der Waals surface area contributed by atoms with E-state index in [1.165, 1.54) is 12.1 Å². The fraction of sp³-hybridized carbons (Fsp3) is 0.211. The summed E-state index contributed by atoms with van der Waals surface area (Å²) < 4.78 is 50.2. The van der Waals surface area contributed by atoms with Gasteiger partial charge in [-0.1, -0.05) is 59.4 Å². The van der Waals surface area contributed by atoms with E-state index in [2.05, 4.69) is 4.98 Å². The van der Waals surface area contributed by atoms with Crippen molar-refractivity contribution in [3.8, 4) is 0 Å². The van der Waals surface area contributed by atoms with Gasteiger partial charge in [-0.25, -0.2) is 21.8 Å². The Bertz CT molecular complexity index is 1180. The molecule has 0 atom stereocenters. The third-order valence-electron chi connectivity index (χ3n) is 4.07. The zero-order valence-corrected chi connectivity index (χ0v) is 18.1. The molecule has 0 saturated heterocycles. The molecule has 28 heavy (non-hydrogen) atoms. The fourth-order valence-electron chi connectivity index (χ4n) is 2.61. The molecule has 148 valence electrons. The summed E-state index contributed by atoms with van der Waals surface area (Å²) in [6.45, 7) is 2.28. The van der Waals surface area contributed by atoms with Crippen molar-refractivity contribution in [3.63, 3.8) is 0 Å². The maximum Gasteiger partial charge on any atom is 0.226 e. The molecule has 0 saturated carbocycles. The number of benzene rings is 2. The van der Waals surface area contributed by atoms with Crippen LogP contribution in [0.1, 0.15) is 11.1 Å². The van der Waals surface area contributed by atoms with E-state index in [0.29, 0.717) is 11.5 Å². The van der Waals surface area contributed by atoms with Crippen LogP contribution in [-0.4, -0.2) is 35.1 Å². The van der Waals surface area contributed by atoms with Gasteiger partial charge in [0.1, 0.15) is 5.00 Å². The molecule has 0 N–H and O–H groups in total. The van der Waals surface area contributed by atoms with Crippen molar-refractivity contribution in [2.45, 2.75) is 27.7 Å². The van der Waals surface area contributed by atoms with Gasteiger partial charge in [-0.15, -0.1) is 0 Å². The van der Waals surface area contributed by atoms with Crippen LogP contribution in [0.15, 0.2) is 68.9 Å². The molecule has 6 nitrogen and oxygen atoms in total. The lowest BCUT2D eigenvalue weighted by atomic mass is 10.2. The Kier molecular flexibility index (Phi) is 5.60. The van der Waals surface area contributed by atoms with E-state index in [-0.39, 0.29) is 14.3 Å². The number of thiazole rings is 1. The summed E-state index contributed by atoms with van der Waals surface area (Å²) in [5, 5.41) is 0.0602. The molecule has 0 amide bonds. The maximum absolute atomic E-state index is 13.2. The molecule has 0 aliphatic carbocycles. The first-order valence-corrected chi connectivity index (χ1v) is 12.6. The van der Waals surface area contributed by atoms with Crippen molar-refractivity contribution in [2.24, 2.45) is 0 Å². The Morgan fingerprint density at radius 2 is 1.57 bits per heavy atom. The number of hydrogen-bond donors (Lipinski definition) is 0. The Morgan fingerprint density at radius 1 is 0.964 bits per heavy atom. The summed E-state index contributed by atoms with van der Waals surface area (Å²) in [5.41, 5.74) is 1.90. The molecule has 0 aliphatic heterocycles. The molecule has 0 aliphatic rings. The van der Waals surface area contributed by atoms with Crippen molar-refractivity contribution in [3.05, 3.63) is 65.7 Å². The molecular formula is C19H20N2O4S3. The molecule has 0 fully saturated rings. The van der Waals surface area contributed by atoms with Crippen LogP contribution in [0.25, 0.3) is 0 Å². The number of hydrogen-bond acceptors (Lipinski definition) is 7. The van der Waals surface area contributed by atoms with Gasteiger partial charge in [-0.3, -0.25) is 0 Å². The van der Waals surface area contributed by atoms with E-state index < -0.39 is 19.7 Å². The van der Waals surface area contributed by atoms with Crippen LogP contribution >= 0.6 is 11.3 Å². The minimum absolute atomic E-state index is 0.0813. The van der Waals surface area contributed by atoms with E-state index in [4.69, 9.17) is 0 Å². The van der Waals surface area contributed by atoms with Gasteiger partial charge in [0.25, 0.3) is 0 Å². The minimum Gasteiger partial charge on any atom is -0.360 e. The summed E-state index contributed by atoms with van der Waals surface area (Å²) in [7, 11) is -5.89. The molecule has 0 unspecified atom stereocenters. The first kappa shape index (κ1) is 20.5. The van der Waals surface area contributed by atoms with Crippen LogP contribution < -0.4 is 4.90 Å². The fourth-order valence-corrected chi connectivity index (χ4v) is 6.25. The molecule has 0 spiro atoms. The van der Waals surface area contributed by atoms with E-state index in [9.17, 15) is 16.8 Å². The second-order valence-electron chi connectivity index (χ2n) is 6.52. The predicted octanol–water partition coefficient (Wildman–Crippen LogP) is 3.32. The minimum atomic E-state index is -3.97. The highest BCUT2D eigenvalue weighted by Crippen LogP contribution is 2.37. The van der Waals surface area contributed by atoms with Crippen molar-refractivity contribution in [2.75, 3.05) is 18.2 Å². The number of aromatic nitrogens is 1. The summed E-state index contributed by atoms with van der Waals surface area (Å²) in [4.78, 5) is 5.81. The first-order valence-electron chi connectivity index (χ1n) is 8.37. The number of nitrogens with zero attached hydrogens (tertiary/aromatic N) is 2. The number of rotatable bonds is 6. The van der Waals surface area contributed by atoms with Crippen LogP contribution in [0, 0.1) is 6.92 Å². The van der Waals surface area contributed by atoms with Crippen LogP contribution in [0.4, 0.5) is 5.00 Å². The summed E-state index contributed by atoms with van der Waals surface area (Å²) in [6.07, 6.45) is 1.02. The zero-order valence-electron chi connectivity index (χ0n) is 15.7. The van der Waals surface area contributed by atoms with Gasteiger partial charge in [0.2, 0.25) is 24.0 Å². The molecule has 0 radical (unpaired) electrons. The highest BCUT2D eigenvalue weighted by molar-refractivity contribution is 7.93. The predicted molar refractivity (Wildman–Crippen MR) is 110 cm³/mol. The molecular weight excluding hydrogens is 416 g/mol. The first-order chi connectivity index (χ1) is 13.1. The van der Waals surface area contributed by atoms with Crippen molar-refractivity contribution >= 4 is 36.0 Å². The highest BCUT2D eigenvalue weighted by atomic mass is 32.2. The average molecular weight is 437 g/mol. The molecule has 1 aromatic heterocycles. The van der Waals surface area contributed by atoms with Crippen molar-refractivity contribution in [1.82, 2.24) is 4.98 Å². The molecule has 2 aromatic carbocycles. The standard InChI is InChI=1S/C19H20N2O4S3/c1-14-9-11-16(12-10-14)28(24,25)17-18(26-19(20-17)27(3,22)23)21(2)13-15-7-5-4-6-8-15/h4-12H,13H2,1-3H3. The Morgan fingerprint density at radius 3 is 2.14 bits per heavy atom. The van der Waals surface area contributed by atoms with E-state index >= 15 is 0 Å². The average Bonchev–Trinajstić information content (AvgIpc) is 3.10. The second-order valence-corrected chi connectivity index (χ2v) is 11.6. The molecule has 3 rings (SSSR count). The highest BCUT2D eigenvalue weighted by Gasteiger charge is 2.30. The zero-order chi connectivity index (χ0) is 20.5. The number of aryl methyl sites for hydroxylation is 1. The lowest BCUT2D eigenvalue weighted by Crippen LogP contribution is -2.18. The van der Waals surface area contributed by atoms with Gasteiger partial charge < -0.3 is 4.90 Å². The topological polar surface area (TPSA) is 84.4 Å². The summed E-state index contributed by atoms with van der Waals surface area (Å²) >= 11 is 0.866. The van der Waals surface area contributed by atoms with Crippen LogP contribution in [0.3, 0.4) is 0 Å². The quantitative estimate of drug-likeness (QED) is 0.589. The lowest BCUT2D eigenvalue weighted by molar-refractivity contribution is 0.590. The Labute approximate surface area is 169 Å². The van der Waals surface area contributed by atoms with E-state index in [1.807, 2.05) is 37.3 Å². The van der Waals surface area contributed by atoms with Crippen molar-refractivity contribution < 1.29 is 16.8 Å². The van der Waals surface area contributed by atoms with Gasteiger partial charge in [0.05, 0.1) is 4.90 Å². The van der Waals surface area contributed by atoms with Gasteiger partial charge in [0.15, 0.2) is 5.03 Å². The Hall–Kier alpha value is -2.23. The van der Waals surface area contributed by atoms with Crippen LogP contribution in [0.5, 0.6) is 0 Å². The molecule has 0 bridgehead atoms. The molecule has 3 aromatic rings. The summed E-state index contributed by atoms with van der Waals surface area (Å²) in [6, 6.07) is 15.9. The largest absolute Gasteiger partial charge is 0.360 e. The third kappa shape index (κ3) is 4.26.